The molecule has 0 saturated carbocycles. The van der Waals surface area contributed by atoms with E-state index < -0.39 is 15.9 Å². The molecule has 0 bridgehead atoms. The molecule has 1 aromatic carbocycles. The topological polar surface area (TPSA) is 89.3 Å². The SMILES string of the molecule is CC(NC(=O)C(N)CCS(C)(=O)=O)c1ccc2c(c1)CCCC2.Cl. The monoisotopic (exact) mass is 374 g/mol. The number of nitrogens with two attached hydrogens (primary N) is 1. The van der Waals surface area contributed by atoms with Crippen LogP contribution < -0.4 is 11.1 Å². The molecule has 3 N–H and O–H groups in total. The van der Waals surface area contributed by atoms with Gasteiger partial charge in [0.05, 0.1) is 17.8 Å². The van der Waals surface area contributed by atoms with Crippen molar-refractivity contribution in [2.24, 2.45) is 5.73 Å². The number of halogens is 1. The molecule has 136 valence electrons. The van der Waals surface area contributed by atoms with Gasteiger partial charge in [-0.15, -0.1) is 12.4 Å². The molecule has 0 fully saturated rings. The second-order valence-electron chi connectivity index (χ2n) is 6.49. The van der Waals surface area contributed by atoms with E-state index in [0.717, 1.165) is 24.7 Å². The van der Waals surface area contributed by atoms with E-state index in [-0.39, 0.29) is 36.5 Å². The minimum absolute atomic E-state index is 0. The third kappa shape index (κ3) is 6.07. The second-order valence-corrected chi connectivity index (χ2v) is 8.75. The van der Waals surface area contributed by atoms with Crippen molar-refractivity contribution < 1.29 is 13.2 Å². The van der Waals surface area contributed by atoms with Gasteiger partial charge in [-0.05, 0) is 55.7 Å². The summed E-state index contributed by atoms with van der Waals surface area (Å²) in [5, 5.41) is 2.88. The van der Waals surface area contributed by atoms with Gasteiger partial charge >= 0.3 is 0 Å². The maximum atomic E-state index is 12.1. The molecule has 2 atom stereocenters. The zero-order valence-corrected chi connectivity index (χ0v) is 15.9. The Kier molecular flexibility index (Phi) is 7.70. The Bertz CT molecular complexity index is 676. The van der Waals surface area contributed by atoms with E-state index in [0.29, 0.717) is 0 Å². The van der Waals surface area contributed by atoms with Crippen LogP contribution in [0.15, 0.2) is 18.2 Å². The molecule has 1 aromatic rings. The van der Waals surface area contributed by atoms with Gasteiger partial charge in [-0.2, -0.15) is 0 Å². The highest BCUT2D eigenvalue weighted by molar-refractivity contribution is 7.90. The predicted octanol–water partition coefficient (Wildman–Crippen LogP) is 1.93. The minimum Gasteiger partial charge on any atom is -0.348 e. The van der Waals surface area contributed by atoms with Crippen LogP contribution in [0, 0.1) is 0 Å². The number of hydrogen-bond acceptors (Lipinski definition) is 4. The lowest BCUT2D eigenvalue weighted by Crippen LogP contribution is -2.42. The number of nitrogens with one attached hydrogen (secondary N) is 1. The standard InChI is InChI=1S/C17H26N2O3S.ClH/c1-12(19-17(20)16(18)9-10-23(2,21)22)14-8-7-13-5-3-4-6-15(13)11-14;/h7-8,11-12,16H,3-6,9-10,18H2,1-2H3,(H,19,20);1H. The molecule has 5 nitrogen and oxygen atoms in total. The molecule has 2 unspecified atom stereocenters. The van der Waals surface area contributed by atoms with Crippen molar-refractivity contribution in [1.29, 1.82) is 0 Å². The van der Waals surface area contributed by atoms with Crippen LogP contribution in [0.5, 0.6) is 0 Å². The first-order valence-corrected chi connectivity index (χ1v) is 10.2. The molecule has 7 heteroatoms. The summed E-state index contributed by atoms with van der Waals surface area (Å²) < 4.78 is 22.3. The third-order valence-corrected chi connectivity index (χ3v) is 5.35. The lowest BCUT2D eigenvalue weighted by molar-refractivity contribution is -0.123. The van der Waals surface area contributed by atoms with Crippen molar-refractivity contribution in [2.75, 3.05) is 12.0 Å². The van der Waals surface area contributed by atoms with Gasteiger partial charge in [-0.1, -0.05) is 18.2 Å². The van der Waals surface area contributed by atoms with E-state index >= 15 is 0 Å². The Balaban J connectivity index is 0.00000288. The van der Waals surface area contributed by atoms with E-state index in [9.17, 15) is 13.2 Å². The van der Waals surface area contributed by atoms with Crippen molar-refractivity contribution in [2.45, 2.75) is 51.1 Å². The minimum atomic E-state index is -3.10. The summed E-state index contributed by atoms with van der Waals surface area (Å²) in [6, 6.07) is 5.43. The van der Waals surface area contributed by atoms with Gasteiger partial charge in [-0.25, -0.2) is 8.42 Å². The smallest absolute Gasteiger partial charge is 0.237 e. The summed E-state index contributed by atoms with van der Waals surface area (Å²) in [6.07, 6.45) is 5.97. The number of carbonyl (C=O) groups is 1. The maximum absolute atomic E-state index is 12.1. The largest absolute Gasteiger partial charge is 0.348 e. The zero-order valence-electron chi connectivity index (χ0n) is 14.2. The molecule has 0 saturated heterocycles. The molecular formula is C17H27ClN2O3S. The fraction of sp³-hybridized carbons (Fsp3) is 0.588. The number of amides is 1. The molecule has 0 radical (unpaired) electrons. The van der Waals surface area contributed by atoms with Crippen LogP contribution in [-0.2, 0) is 27.5 Å². The van der Waals surface area contributed by atoms with E-state index in [1.807, 2.05) is 6.92 Å². The number of benzene rings is 1. The molecule has 0 aliphatic heterocycles. The number of hydrogen-bond donors (Lipinski definition) is 2. The number of carbonyl (C=O) groups excluding carboxylic acids is 1. The molecule has 0 spiro atoms. The predicted molar refractivity (Wildman–Crippen MR) is 99.2 cm³/mol. The van der Waals surface area contributed by atoms with Crippen molar-refractivity contribution >= 4 is 28.2 Å². The lowest BCUT2D eigenvalue weighted by Gasteiger charge is -2.21. The molecule has 2 rings (SSSR count). The van der Waals surface area contributed by atoms with Crippen LogP contribution in [0.2, 0.25) is 0 Å². The van der Waals surface area contributed by atoms with Gasteiger partial charge in [0.25, 0.3) is 0 Å². The Morgan fingerprint density at radius 1 is 1.25 bits per heavy atom. The van der Waals surface area contributed by atoms with Crippen LogP contribution in [0.3, 0.4) is 0 Å². The summed E-state index contributed by atoms with van der Waals surface area (Å²) in [7, 11) is -3.10. The Hall–Kier alpha value is -1.11. The van der Waals surface area contributed by atoms with Crippen LogP contribution in [0.25, 0.3) is 0 Å². The molecular weight excluding hydrogens is 348 g/mol. The lowest BCUT2D eigenvalue weighted by atomic mass is 9.89. The first kappa shape index (κ1) is 20.9. The quantitative estimate of drug-likeness (QED) is 0.796. The van der Waals surface area contributed by atoms with Gasteiger partial charge in [0.2, 0.25) is 5.91 Å². The highest BCUT2D eigenvalue weighted by atomic mass is 35.5. The number of fused-ring (bicyclic) bond motifs is 1. The highest BCUT2D eigenvalue weighted by Gasteiger charge is 2.19. The molecule has 0 heterocycles. The maximum Gasteiger partial charge on any atom is 0.237 e. The van der Waals surface area contributed by atoms with Gasteiger partial charge < -0.3 is 11.1 Å². The van der Waals surface area contributed by atoms with E-state index in [4.69, 9.17) is 5.73 Å². The second kappa shape index (κ2) is 8.83. The number of sulfone groups is 1. The first-order valence-electron chi connectivity index (χ1n) is 8.11. The number of aryl methyl sites for hydroxylation is 2. The Morgan fingerprint density at radius 2 is 1.88 bits per heavy atom. The summed E-state index contributed by atoms with van der Waals surface area (Å²) in [6.45, 7) is 1.92. The van der Waals surface area contributed by atoms with Crippen LogP contribution >= 0.6 is 12.4 Å². The number of rotatable bonds is 6. The van der Waals surface area contributed by atoms with Crippen molar-refractivity contribution in [3.63, 3.8) is 0 Å². The molecule has 1 aliphatic carbocycles. The fourth-order valence-corrected chi connectivity index (χ4v) is 3.58. The molecule has 0 aromatic heterocycles. The van der Waals surface area contributed by atoms with Crippen LogP contribution in [0.4, 0.5) is 0 Å². The van der Waals surface area contributed by atoms with Gasteiger partial charge in [0.15, 0.2) is 0 Å². The third-order valence-electron chi connectivity index (χ3n) is 4.37. The van der Waals surface area contributed by atoms with Crippen molar-refractivity contribution in [3.05, 3.63) is 34.9 Å². The van der Waals surface area contributed by atoms with Gasteiger partial charge in [0, 0.05) is 6.26 Å². The summed E-state index contributed by atoms with van der Waals surface area (Å²) in [5.74, 6) is -0.381. The Morgan fingerprint density at radius 3 is 2.50 bits per heavy atom. The average molecular weight is 375 g/mol. The average Bonchev–Trinajstić information content (AvgIpc) is 2.51. The van der Waals surface area contributed by atoms with Crippen LogP contribution in [0.1, 0.15) is 48.9 Å². The summed E-state index contributed by atoms with van der Waals surface area (Å²) >= 11 is 0. The van der Waals surface area contributed by atoms with Crippen LogP contribution in [-0.4, -0.2) is 32.4 Å². The van der Waals surface area contributed by atoms with Crippen molar-refractivity contribution in [3.8, 4) is 0 Å². The van der Waals surface area contributed by atoms with Crippen molar-refractivity contribution in [1.82, 2.24) is 5.32 Å². The van der Waals surface area contributed by atoms with Gasteiger partial charge in [-0.3, -0.25) is 4.79 Å². The fourth-order valence-electron chi connectivity index (χ4n) is 2.90. The molecule has 1 aliphatic rings. The van der Waals surface area contributed by atoms with E-state index in [2.05, 4.69) is 23.5 Å². The molecule has 1 amide bonds. The van der Waals surface area contributed by atoms with Gasteiger partial charge in [0.1, 0.15) is 9.84 Å². The zero-order chi connectivity index (χ0) is 17.0. The molecule has 24 heavy (non-hydrogen) atoms. The normalized spacial score (nSPS) is 16.5. The summed E-state index contributed by atoms with van der Waals surface area (Å²) in [4.78, 5) is 12.1. The highest BCUT2D eigenvalue weighted by Crippen LogP contribution is 2.24. The van der Waals surface area contributed by atoms with E-state index in [1.54, 1.807) is 0 Å². The Labute approximate surface area is 150 Å². The summed E-state index contributed by atoms with van der Waals surface area (Å²) in [5.41, 5.74) is 9.63. The first-order chi connectivity index (χ1) is 10.8. The van der Waals surface area contributed by atoms with E-state index in [1.165, 1.54) is 24.0 Å².